The van der Waals surface area contributed by atoms with Crippen molar-refractivity contribution in [3.8, 4) is 0 Å². The number of aromatic nitrogens is 3. The van der Waals surface area contributed by atoms with Gasteiger partial charge < -0.3 is 11.2 Å². The maximum absolute atomic E-state index is 12.2. The number of hydrogen-bond acceptors (Lipinski definition) is 7. The Labute approximate surface area is 177 Å². The molecule has 1 heterocycles. The molecule has 29 heavy (non-hydrogen) atoms. The summed E-state index contributed by atoms with van der Waals surface area (Å²) in [6.45, 7) is 3.96. The number of nitrogens with two attached hydrogens (primary N) is 1. The molecule has 2 aromatic carbocycles. The predicted molar refractivity (Wildman–Crippen MR) is 118 cm³/mol. The van der Waals surface area contributed by atoms with E-state index in [0.717, 1.165) is 22.4 Å². The predicted octanol–water partition coefficient (Wildman–Crippen LogP) is 3.44. The first-order chi connectivity index (χ1) is 13.9. The van der Waals surface area contributed by atoms with E-state index in [1.54, 1.807) is 18.3 Å². The lowest BCUT2D eigenvalue weighted by atomic mass is 10.1. The van der Waals surface area contributed by atoms with Gasteiger partial charge >= 0.3 is 0 Å². The smallest absolute Gasteiger partial charge is 0.264 e. The second kappa shape index (κ2) is 9.44. The number of carbonyl (C=O) groups is 1. The van der Waals surface area contributed by atoms with Crippen LogP contribution in [0, 0.1) is 13.8 Å². The summed E-state index contributed by atoms with van der Waals surface area (Å²) in [5.41, 5.74) is 6.48. The Kier molecular flexibility index (Phi) is 6.73. The number of aryl methyl sites for hydroxylation is 2. The molecular weight excluding hydrogens is 410 g/mol. The number of hydrogen-bond donors (Lipinski definition) is 3. The summed E-state index contributed by atoms with van der Waals surface area (Å²) in [7, 11) is 0. The molecule has 150 valence electrons. The lowest BCUT2D eigenvalue weighted by molar-refractivity contribution is -0.113. The van der Waals surface area contributed by atoms with Crippen LogP contribution < -0.4 is 16.6 Å². The van der Waals surface area contributed by atoms with Crippen molar-refractivity contribution in [2.45, 2.75) is 19.0 Å². The molecule has 0 radical (unpaired) electrons. The Morgan fingerprint density at radius 1 is 1.28 bits per heavy atom. The number of amides is 1. The van der Waals surface area contributed by atoms with Gasteiger partial charge in [0, 0.05) is 10.7 Å². The molecule has 0 saturated carbocycles. The summed E-state index contributed by atoms with van der Waals surface area (Å²) >= 11 is 7.11. The standard InChI is InChI=1S/C19H20ClN7OS/c1-12-6-7-16(13(2)8-12)23-17(28)11-29-19-26-25-18(27(19)21)24-22-10-14-4-3-5-15(20)9-14/h3-10H,11,21H2,1-2H3,(H,23,28)(H,24,25)/b22-10+. The lowest BCUT2D eigenvalue weighted by Crippen LogP contribution is -2.17. The maximum Gasteiger partial charge on any atom is 0.264 e. The number of nitrogen functional groups attached to an aromatic ring is 1. The molecule has 1 aromatic heterocycles. The van der Waals surface area contributed by atoms with Gasteiger partial charge in [-0.2, -0.15) is 5.10 Å². The number of nitrogens with one attached hydrogen (secondary N) is 2. The van der Waals surface area contributed by atoms with Gasteiger partial charge in [-0.25, -0.2) is 10.1 Å². The Morgan fingerprint density at radius 3 is 2.86 bits per heavy atom. The maximum atomic E-state index is 12.2. The zero-order chi connectivity index (χ0) is 20.8. The van der Waals surface area contributed by atoms with Gasteiger partial charge in [0.1, 0.15) is 0 Å². The minimum Gasteiger partial charge on any atom is -0.334 e. The average Bonchev–Trinajstić information content (AvgIpc) is 3.02. The van der Waals surface area contributed by atoms with E-state index in [1.165, 1.54) is 16.4 Å². The first-order valence-corrected chi connectivity index (χ1v) is 10.0. The Balaban J connectivity index is 1.54. The number of nitrogens with zero attached hydrogens (tertiary/aromatic N) is 4. The van der Waals surface area contributed by atoms with Crippen LogP contribution in [-0.4, -0.2) is 32.7 Å². The molecule has 0 aliphatic heterocycles. The summed E-state index contributed by atoms with van der Waals surface area (Å²) in [4.78, 5) is 12.2. The lowest BCUT2D eigenvalue weighted by Gasteiger charge is -2.08. The van der Waals surface area contributed by atoms with Crippen molar-refractivity contribution in [2.24, 2.45) is 5.10 Å². The molecule has 0 atom stereocenters. The number of carbonyl (C=O) groups excluding carboxylic acids is 1. The SMILES string of the molecule is Cc1ccc(NC(=O)CSc2nnc(N/N=C/c3cccc(Cl)c3)n2N)c(C)c1. The normalized spacial score (nSPS) is 11.0. The number of thioether (sulfide) groups is 1. The third kappa shape index (κ3) is 5.72. The van der Waals surface area contributed by atoms with E-state index in [-0.39, 0.29) is 17.6 Å². The van der Waals surface area contributed by atoms with Crippen molar-refractivity contribution >= 4 is 47.1 Å². The highest BCUT2D eigenvalue weighted by Crippen LogP contribution is 2.19. The van der Waals surface area contributed by atoms with Gasteiger partial charge in [-0.1, -0.05) is 53.2 Å². The topological polar surface area (TPSA) is 110 Å². The quantitative estimate of drug-likeness (QED) is 0.229. The Hall–Kier alpha value is -3.04. The molecular formula is C19H20ClN7OS. The average molecular weight is 430 g/mol. The molecule has 0 aliphatic carbocycles. The third-order valence-electron chi connectivity index (χ3n) is 3.88. The fourth-order valence-corrected chi connectivity index (χ4v) is 3.33. The van der Waals surface area contributed by atoms with Gasteiger partial charge in [-0.3, -0.25) is 4.79 Å². The van der Waals surface area contributed by atoms with Crippen LogP contribution in [0.15, 0.2) is 52.7 Å². The number of anilines is 2. The van der Waals surface area contributed by atoms with Crippen LogP contribution in [-0.2, 0) is 4.79 Å². The largest absolute Gasteiger partial charge is 0.334 e. The second-order valence-electron chi connectivity index (χ2n) is 6.26. The highest BCUT2D eigenvalue weighted by atomic mass is 35.5. The van der Waals surface area contributed by atoms with E-state index in [9.17, 15) is 4.79 Å². The summed E-state index contributed by atoms with van der Waals surface area (Å²) in [5.74, 6) is 6.21. The molecule has 3 aromatic rings. The van der Waals surface area contributed by atoms with Crippen LogP contribution >= 0.6 is 23.4 Å². The van der Waals surface area contributed by atoms with Crippen LogP contribution in [0.25, 0.3) is 0 Å². The summed E-state index contributed by atoms with van der Waals surface area (Å²) < 4.78 is 1.24. The van der Waals surface area contributed by atoms with Gasteiger partial charge in [0.2, 0.25) is 11.1 Å². The van der Waals surface area contributed by atoms with Crippen LogP contribution in [0.2, 0.25) is 5.02 Å². The van der Waals surface area contributed by atoms with Crippen molar-refractivity contribution in [2.75, 3.05) is 22.3 Å². The minimum absolute atomic E-state index is 0.147. The van der Waals surface area contributed by atoms with Gasteiger partial charge in [0.05, 0.1) is 12.0 Å². The zero-order valence-electron chi connectivity index (χ0n) is 15.9. The summed E-state index contributed by atoms with van der Waals surface area (Å²) in [6.07, 6.45) is 1.59. The minimum atomic E-state index is -0.154. The van der Waals surface area contributed by atoms with E-state index in [0.29, 0.717) is 10.2 Å². The summed E-state index contributed by atoms with van der Waals surface area (Å²) in [5, 5.41) is 15.9. The highest BCUT2D eigenvalue weighted by Gasteiger charge is 2.12. The summed E-state index contributed by atoms with van der Waals surface area (Å²) in [6, 6.07) is 13.1. The Morgan fingerprint density at radius 2 is 2.10 bits per heavy atom. The first-order valence-electron chi connectivity index (χ1n) is 8.67. The molecule has 4 N–H and O–H groups in total. The monoisotopic (exact) mass is 429 g/mol. The molecule has 10 heteroatoms. The molecule has 3 rings (SSSR count). The second-order valence-corrected chi connectivity index (χ2v) is 7.64. The first kappa shape index (κ1) is 20.7. The fourth-order valence-electron chi connectivity index (χ4n) is 2.47. The van der Waals surface area contributed by atoms with Gasteiger partial charge in [0.15, 0.2) is 0 Å². The molecule has 0 unspecified atom stereocenters. The van der Waals surface area contributed by atoms with Crippen molar-refractivity contribution in [1.29, 1.82) is 0 Å². The molecule has 1 amide bonds. The number of rotatable bonds is 7. The van der Waals surface area contributed by atoms with Crippen LogP contribution in [0.3, 0.4) is 0 Å². The van der Waals surface area contributed by atoms with E-state index in [4.69, 9.17) is 17.4 Å². The molecule has 0 saturated heterocycles. The zero-order valence-corrected chi connectivity index (χ0v) is 17.5. The highest BCUT2D eigenvalue weighted by molar-refractivity contribution is 7.99. The Bertz CT molecular complexity index is 1050. The van der Waals surface area contributed by atoms with Gasteiger partial charge in [0.25, 0.3) is 5.95 Å². The fraction of sp³-hybridized carbons (Fsp3) is 0.158. The van der Waals surface area contributed by atoms with Crippen LogP contribution in [0.1, 0.15) is 16.7 Å². The van der Waals surface area contributed by atoms with Crippen molar-refractivity contribution in [3.05, 3.63) is 64.2 Å². The van der Waals surface area contributed by atoms with Crippen LogP contribution in [0.5, 0.6) is 0 Å². The van der Waals surface area contributed by atoms with E-state index in [2.05, 4.69) is 26.0 Å². The number of benzene rings is 2. The molecule has 8 nitrogen and oxygen atoms in total. The molecule has 0 bridgehead atoms. The number of hydrazone groups is 1. The van der Waals surface area contributed by atoms with Crippen molar-refractivity contribution in [1.82, 2.24) is 14.9 Å². The molecule has 0 aliphatic rings. The van der Waals surface area contributed by atoms with Gasteiger partial charge in [-0.15, -0.1) is 10.2 Å². The third-order valence-corrected chi connectivity index (χ3v) is 5.06. The number of halogens is 1. The van der Waals surface area contributed by atoms with Crippen LogP contribution in [0.4, 0.5) is 11.6 Å². The molecule has 0 spiro atoms. The van der Waals surface area contributed by atoms with E-state index < -0.39 is 0 Å². The van der Waals surface area contributed by atoms with E-state index >= 15 is 0 Å². The van der Waals surface area contributed by atoms with Gasteiger partial charge in [-0.05, 0) is 43.2 Å². The van der Waals surface area contributed by atoms with E-state index in [1.807, 2.05) is 44.2 Å². The van der Waals surface area contributed by atoms with Crippen molar-refractivity contribution < 1.29 is 4.79 Å². The molecule has 0 fully saturated rings. The van der Waals surface area contributed by atoms with Crippen molar-refractivity contribution in [3.63, 3.8) is 0 Å².